The maximum atomic E-state index is 13.3. The molecule has 1 aromatic heterocycles. The summed E-state index contributed by atoms with van der Waals surface area (Å²) in [5.74, 6) is -2.93. The second kappa shape index (κ2) is 7.23. The van der Waals surface area contributed by atoms with Crippen LogP contribution >= 0.6 is 0 Å². The normalized spacial score (nSPS) is 24.2. The van der Waals surface area contributed by atoms with E-state index in [2.05, 4.69) is 10.3 Å². The van der Waals surface area contributed by atoms with Crippen molar-refractivity contribution in [2.24, 2.45) is 5.92 Å². The fourth-order valence-electron chi connectivity index (χ4n) is 3.58. The number of anilines is 1. The van der Waals surface area contributed by atoms with Crippen molar-refractivity contribution in [2.75, 3.05) is 32.1 Å². The first-order chi connectivity index (χ1) is 11.9. The molecule has 7 heteroatoms. The smallest absolute Gasteiger partial charge is 0.248 e. The number of aryl methyl sites for hydroxylation is 1. The van der Waals surface area contributed by atoms with Gasteiger partial charge < -0.3 is 15.0 Å². The van der Waals surface area contributed by atoms with Crippen molar-refractivity contribution in [2.45, 2.75) is 44.6 Å². The zero-order chi connectivity index (χ0) is 18.0. The van der Waals surface area contributed by atoms with Gasteiger partial charge in [-0.05, 0) is 31.9 Å². The Morgan fingerprint density at radius 3 is 2.76 bits per heavy atom. The highest BCUT2D eigenvalue weighted by Gasteiger charge is 2.39. The highest BCUT2D eigenvalue weighted by molar-refractivity contribution is 5.79. The average molecular weight is 353 g/mol. The molecule has 0 aromatic carbocycles. The van der Waals surface area contributed by atoms with Crippen molar-refractivity contribution in [1.29, 1.82) is 0 Å². The minimum absolute atomic E-state index is 0.0229. The fraction of sp³-hybridized carbons (Fsp3) is 0.667. The molecule has 0 bridgehead atoms. The Labute approximate surface area is 146 Å². The number of pyridine rings is 1. The molecular weight excluding hydrogens is 328 g/mol. The number of ether oxygens (including phenoxy) is 1. The van der Waals surface area contributed by atoms with Gasteiger partial charge in [0.1, 0.15) is 6.10 Å². The Balaban J connectivity index is 1.67. The Bertz CT molecular complexity index is 629. The predicted molar refractivity (Wildman–Crippen MR) is 90.7 cm³/mol. The van der Waals surface area contributed by atoms with E-state index in [4.69, 9.17) is 4.74 Å². The lowest BCUT2D eigenvalue weighted by Crippen LogP contribution is -2.46. The molecule has 2 heterocycles. The largest absolute Gasteiger partial charge is 0.388 e. The van der Waals surface area contributed by atoms with Crippen LogP contribution in [0.3, 0.4) is 0 Å². The summed E-state index contributed by atoms with van der Waals surface area (Å²) in [6.45, 7) is 3.28. The summed E-state index contributed by atoms with van der Waals surface area (Å²) in [5, 5.41) is 3.09. The second-order valence-electron chi connectivity index (χ2n) is 6.95. The summed E-state index contributed by atoms with van der Waals surface area (Å²) in [4.78, 5) is 19.0. The number of carbonyl (C=O) groups is 1. The van der Waals surface area contributed by atoms with E-state index in [0.29, 0.717) is 19.7 Å². The zero-order valence-corrected chi connectivity index (χ0v) is 14.7. The highest BCUT2D eigenvalue weighted by atomic mass is 19.3. The molecule has 3 rings (SSSR count). The van der Waals surface area contributed by atoms with E-state index in [1.807, 2.05) is 26.1 Å². The number of aromatic nitrogens is 1. The molecule has 1 N–H and O–H groups in total. The van der Waals surface area contributed by atoms with Gasteiger partial charge in [-0.3, -0.25) is 9.78 Å². The summed E-state index contributed by atoms with van der Waals surface area (Å²) in [5.41, 5.74) is 2.62. The number of nitrogens with zero attached hydrogens (tertiary/aromatic N) is 2. The second-order valence-corrected chi connectivity index (χ2v) is 6.95. The molecule has 1 saturated carbocycles. The number of hydrogen-bond acceptors (Lipinski definition) is 4. The van der Waals surface area contributed by atoms with Crippen LogP contribution in [-0.4, -0.2) is 48.5 Å². The molecule has 1 saturated heterocycles. The molecule has 2 fully saturated rings. The van der Waals surface area contributed by atoms with Crippen LogP contribution in [-0.2, 0) is 9.53 Å². The van der Waals surface area contributed by atoms with Crippen LogP contribution < -0.4 is 5.32 Å². The fourth-order valence-corrected chi connectivity index (χ4v) is 3.58. The Morgan fingerprint density at radius 1 is 1.36 bits per heavy atom. The standard InChI is InChI=1S/C18H25F2N3O2/c1-12-9-14(21-2)10-15(22-12)16-11-23(7-8-25-16)17(24)13-3-5-18(19,20)6-4-13/h9-10,13,16H,3-8,11H2,1-2H3,(H,21,22)/t16-/m1/s1. The number of nitrogens with one attached hydrogen (secondary N) is 1. The predicted octanol–water partition coefficient (Wildman–Crippen LogP) is 3.16. The van der Waals surface area contributed by atoms with Gasteiger partial charge in [0.05, 0.1) is 18.8 Å². The summed E-state index contributed by atoms with van der Waals surface area (Å²) < 4.78 is 32.4. The van der Waals surface area contributed by atoms with Gasteiger partial charge in [-0.2, -0.15) is 0 Å². The number of alkyl halides is 2. The molecule has 0 radical (unpaired) electrons. The topological polar surface area (TPSA) is 54.5 Å². The van der Waals surface area contributed by atoms with Crippen LogP contribution in [0.25, 0.3) is 0 Å². The number of halogens is 2. The van der Waals surface area contributed by atoms with E-state index in [0.717, 1.165) is 17.1 Å². The van der Waals surface area contributed by atoms with E-state index in [-0.39, 0.29) is 43.6 Å². The third-order valence-electron chi connectivity index (χ3n) is 5.04. The van der Waals surface area contributed by atoms with Gasteiger partial charge in [0, 0.05) is 43.7 Å². The summed E-state index contributed by atoms with van der Waals surface area (Å²) in [6, 6.07) is 3.87. The van der Waals surface area contributed by atoms with Gasteiger partial charge in [0.25, 0.3) is 0 Å². The Hall–Kier alpha value is -1.76. The number of rotatable bonds is 3. The first-order valence-corrected chi connectivity index (χ1v) is 8.82. The Morgan fingerprint density at radius 2 is 2.08 bits per heavy atom. The molecule has 1 atom stereocenters. The lowest BCUT2D eigenvalue weighted by Gasteiger charge is -2.36. The molecule has 1 amide bonds. The molecule has 2 aliphatic rings. The van der Waals surface area contributed by atoms with E-state index in [1.54, 1.807) is 4.90 Å². The van der Waals surface area contributed by atoms with Gasteiger partial charge in [-0.25, -0.2) is 8.78 Å². The number of amides is 1. The number of hydrogen-bond donors (Lipinski definition) is 1. The molecule has 1 aliphatic heterocycles. The lowest BCUT2D eigenvalue weighted by molar-refractivity contribution is -0.147. The Kier molecular flexibility index (Phi) is 5.22. The van der Waals surface area contributed by atoms with Crippen molar-refractivity contribution in [1.82, 2.24) is 9.88 Å². The highest BCUT2D eigenvalue weighted by Crippen LogP contribution is 2.37. The first kappa shape index (κ1) is 18.0. The van der Waals surface area contributed by atoms with Gasteiger partial charge in [0.2, 0.25) is 11.8 Å². The minimum Gasteiger partial charge on any atom is -0.388 e. The molecule has 1 aromatic rings. The van der Waals surface area contributed by atoms with Gasteiger partial charge in [-0.15, -0.1) is 0 Å². The monoisotopic (exact) mass is 353 g/mol. The molecule has 138 valence electrons. The lowest BCUT2D eigenvalue weighted by atomic mass is 9.85. The molecule has 5 nitrogen and oxygen atoms in total. The van der Waals surface area contributed by atoms with E-state index < -0.39 is 5.92 Å². The van der Waals surface area contributed by atoms with Gasteiger partial charge in [-0.1, -0.05) is 0 Å². The first-order valence-electron chi connectivity index (χ1n) is 8.82. The molecule has 0 spiro atoms. The van der Waals surface area contributed by atoms with Crippen LogP contribution in [0.15, 0.2) is 12.1 Å². The van der Waals surface area contributed by atoms with Crippen LogP contribution in [0, 0.1) is 12.8 Å². The van der Waals surface area contributed by atoms with Crippen molar-refractivity contribution in [3.8, 4) is 0 Å². The SMILES string of the molecule is CNc1cc(C)nc([C@H]2CN(C(=O)C3CCC(F)(F)CC3)CCO2)c1. The average Bonchev–Trinajstić information content (AvgIpc) is 2.60. The van der Waals surface area contributed by atoms with Crippen molar-refractivity contribution >= 4 is 11.6 Å². The van der Waals surface area contributed by atoms with Gasteiger partial charge in [0.15, 0.2) is 0 Å². The third kappa shape index (κ3) is 4.26. The number of carbonyl (C=O) groups excluding carboxylic acids is 1. The number of morpholine rings is 1. The minimum atomic E-state index is -2.61. The van der Waals surface area contributed by atoms with E-state index in [9.17, 15) is 13.6 Å². The van der Waals surface area contributed by atoms with Crippen molar-refractivity contribution in [3.63, 3.8) is 0 Å². The third-order valence-corrected chi connectivity index (χ3v) is 5.04. The summed E-state index contributed by atoms with van der Waals surface area (Å²) in [7, 11) is 1.84. The maximum absolute atomic E-state index is 13.3. The maximum Gasteiger partial charge on any atom is 0.248 e. The van der Waals surface area contributed by atoms with Crippen molar-refractivity contribution in [3.05, 3.63) is 23.5 Å². The van der Waals surface area contributed by atoms with E-state index >= 15 is 0 Å². The summed E-state index contributed by atoms with van der Waals surface area (Å²) >= 11 is 0. The molecule has 1 aliphatic carbocycles. The summed E-state index contributed by atoms with van der Waals surface area (Å²) in [6.07, 6.45) is -0.139. The molecule has 25 heavy (non-hydrogen) atoms. The van der Waals surface area contributed by atoms with Gasteiger partial charge >= 0.3 is 0 Å². The quantitative estimate of drug-likeness (QED) is 0.907. The molecular formula is C18H25F2N3O2. The molecule has 0 unspecified atom stereocenters. The van der Waals surface area contributed by atoms with Crippen molar-refractivity contribution < 1.29 is 18.3 Å². The van der Waals surface area contributed by atoms with E-state index in [1.165, 1.54) is 0 Å². The van der Waals surface area contributed by atoms with Crippen LogP contribution in [0.2, 0.25) is 0 Å². The van der Waals surface area contributed by atoms with Crippen LogP contribution in [0.1, 0.15) is 43.2 Å². The zero-order valence-electron chi connectivity index (χ0n) is 14.7. The van der Waals surface area contributed by atoms with Crippen LogP contribution in [0.5, 0.6) is 0 Å². The van der Waals surface area contributed by atoms with Crippen LogP contribution in [0.4, 0.5) is 14.5 Å².